The van der Waals surface area contributed by atoms with E-state index in [1.165, 1.54) is 0 Å². The quantitative estimate of drug-likeness (QED) is 0.678. The van der Waals surface area contributed by atoms with Crippen molar-refractivity contribution >= 4 is 5.97 Å². The van der Waals surface area contributed by atoms with Crippen LogP contribution in [-0.2, 0) is 19.0 Å². The second-order valence-electron chi connectivity index (χ2n) is 3.68. The molecular weight excluding hydrogens is 196 g/mol. The van der Waals surface area contributed by atoms with Crippen LogP contribution >= 0.6 is 0 Å². The summed E-state index contributed by atoms with van der Waals surface area (Å²) >= 11 is 0. The summed E-state index contributed by atoms with van der Waals surface area (Å²) < 4.78 is 15.8. The number of esters is 1. The van der Waals surface area contributed by atoms with E-state index in [9.17, 15) is 4.79 Å². The average molecular weight is 218 g/mol. The summed E-state index contributed by atoms with van der Waals surface area (Å²) in [7, 11) is 0. The van der Waals surface area contributed by atoms with E-state index >= 15 is 0 Å². The van der Waals surface area contributed by atoms with E-state index in [4.69, 9.17) is 14.2 Å². The highest BCUT2D eigenvalue weighted by Crippen LogP contribution is 2.27. The van der Waals surface area contributed by atoms with E-state index in [-0.39, 0.29) is 19.5 Å². The molecule has 0 aliphatic carbocycles. The lowest BCUT2D eigenvalue weighted by molar-refractivity contribution is -0.166. The second-order valence-corrected chi connectivity index (χ2v) is 3.68. The Hall–Kier alpha value is -0.610. The molecule has 1 aliphatic heterocycles. The molecule has 2 atom stereocenters. The largest absolute Gasteiger partial charge is 0.466 e. The van der Waals surface area contributed by atoms with Gasteiger partial charge in [-0.15, -0.1) is 0 Å². The van der Waals surface area contributed by atoms with Gasteiger partial charge in [0.15, 0.2) is 5.79 Å². The molecule has 1 heterocycles. The number of ether oxygens (including phenoxy) is 3. The molecule has 1 fully saturated rings. The van der Waals surface area contributed by atoms with Crippen LogP contribution in [0.3, 0.4) is 0 Å². The minimum atomic E-state index is -0.605. The SMILES string of the molecule is C.CCOC(=O)CCC1(C)OCC(C)O1. The monoisotopic (exact) mass is 218 g/mol. The third-order valence-corrected chi connectivity index (χ3v) is 2.16. The van der Waals surface area contributed by atoms with Gasteiger partial charge in [-0.3, -0.25) is 4.79 Å². The number of carbonyl (C=O) groups is 1. The van der Waals surface area contributed by atoms with E-state index < -0.39 is 5.79 Å². The van der Waals surface area contributed by atoms with Gasteiger partial charge in [-0.1, -0.05) is 7.43 Å². The highest BCUT2D eigenvalue weighted by atomic mass is 16.7. The minimum Gasteiger partial charge on any atom is -0.466 e. The maximum Gasteiger partial charge on any atom is 0.305 e. The Bertz CT molecular complexity index is 205. The van der Waals surface area contributed by atoms with Crippen molar-refractivity contribution in [1.82, 2.24) is 0 Å². The molecule has 15 heavy (non-hydrogen) atoms. The van der Waals surface area contributed by atoms with E-state index in [0.717, 1.165) is 0 Å². The van der Waals surface area contributed by atoms with Crippen molar-refractivity contribution in [3.63, 3.8) is 0 Å². The van der Waals surface area contributed by atoms with E-state index in [1.807, 2.05) is 13.8 Å². The zero-order valence-corrected chi connectivity index (χ0v) is 9.04. The highest BCUT2D eigenvalue weighted by Gasteiger charge is 2.35. The predicted octanol–water partition coefficient (Wildman–Crippen LogP) is 2.12. The fourth-order valence-electron chi connectivity index (χ4n) is 1.48. The number of carbonyl (C=O) groups excluding carboxylic acids is 1. The van der Waals surface area contributed by atoms with Crippen molar-refractivity contribution < 1.29 is 19.0 Å². The van der Waals surface area contributed by atoms with Crippen LogP contribution in [-0.4, -0.2) is 31.1 Å². The first-order valence-electron chi connectivity index (χ1n) is 5.03. The summed E-state index contributed by atoms with van der Waals surface area (Å²) in [5.74, 6) is -0.799. The van der Waals surface area contributed by atoms with Crippen molar-refractivity contribution in [2.24, 2.45) is 0 Å². The lowest BCUT2D eigenvalue weighted by Crippen LogP contribution is -2.27. The summed E-state index contributed by atoms with van der Waals surface area (Å²) in [6.07, 6.45) is 1.01. The summed E-state index contributed by atoms with van der Waals surface area (Å²) in [6.45, 7) is 6.63. The lowest BCUT2D eigenvalue weighted by atomic mass is 10.2. The molecule has 1 aliphatic rings. The topological polar surface area (TPSA) is 44.8 Å². The first-order valence-corrected chi connectivity index (χ1v) is 5.03. The van der Waals surface area contributed by atoms with E-state index in [0.29, 0.717) is 26.1 Å². The molecule has 90 valence electrons. The van der Waals surface area contributed by atoms with Gasteiger partial charge in [0.05, 0.1) is 25.7 Å². The smallest absolute Gasteiger partial charge is 0.305 e. The molecule has 0 saturated carbocycles. The Kier molecular flexibility index (Phi) is 5.83. The summed E-state index contributed by atoms with van der Waals surface area (Å²) in [5, 5.41) is 0. The third-order valence-electron chi connectivity index (χ3n) is 2.16. The summed E-state index contributed by atoms with van der Waals surface area (Å²) in [5.41, 5.74) is 0. The molecule has 4 heteroatoms. The summed E-state index contributed by atoms with van der Waals surface area (Å²) in [6, 6.07) is 0. The zero-order valence-electron chi connectivity index (χ0n) is 9.04. The van der Waals surface area contributed by atoms with Gasteiger partial charge in [0.1, 0.15) is 0 Å². The first-order chi connectivity index (χ1) is 6.56. The summed E-state index contributed by atoms with van der Waals surface area (Å²) in [4.78, 5) is 11.1. The molecule has 0 aromatic rings. The van der Waals surface area contributed by atoms with Gasteiger partial charge in [0, 0.05) is 6.42 Å². The number of hydrogen-bond acceptors (Lipinski definition) is 4. The van der Waals surface area contributed by atoms with Gasteiger partial charge in [-0.25, -0.2) is 0 Å². The minimum absolute atomic E-state index is 0. The zero-order chi connectivity index (χ0) is 10.6. The van der Waals surface area contributed by atoms with E-state index in [1.54, 1.807) is 6.92 Å². The van der Waals surface area contributed by atoms with Gasteiger partial charge in [0.25, 0.3) is 0 Å². The van der Waals surface area contributed by atoms with Gasteiger partial charge < -0.3 is 14.2 Å². The molecule has 1 saturated heterocycles. The van der Waals surface area contributed by atoms with Crippen LogP contribution in [0.15, 0.2) is 0 Å². The highest BCUT2D eigenvalue weighted by molar-refractivity contribution is 5.69. The first kappa shape index (κ1) is 14.4. The Labute approximate surface area is 91.9 Å². The number of rotatable bonds is 4. The van der Waals surface area contributed by atoms with Crippen LogP contribution in [0.5, 0.6) is 0 Å². The molecule has 0 aromatic carbocycles. The van der Waals surface area contributed by atoms with Gasteiger partial charge >= 0.3 is 5.97 Å². The second kappa shape index (κ2) is 6.08. The number of hydrogen-bond donors (Lipinski definition) is 0. The van der Waals surface area contributed by atoms with Crippen LogP contribution in [0.2, 0.25) is 0 Å². The van der Waals surface area contributed by atoms with Crippen molar-refractivity contribution in [2.75, 3.05) is 13.2 Å². The average Bonchev–Trinajstić information content (AvgIpc) is 2.45. The standard InChI is InChI=1S/C10H18O4.CH4/c1-4-12-9(11)5-6-10(3)13-7-8(2)14-10;/h8H,4-7H2,1-3H3;1H4. The maximum atomic E-state index is 11.1. The van der Waals surface area contributed by atoms with Crippen LogP contribution in [0, 0.1) is 0 Å². The maximum absolute atomic E-state index is 11.1. The van der Waals surface area contributed by atoms with E-state index in [2.05, 4.69) is 0 Å². The molecule has 4 nitrogen and oxygen atoms in total. The fraction of sp³-hybridized carbons (Fsp3) is 0.909. The molecule has 0 bridgehead atoms. The normalized spacial score (nSPS) is 29.7. The Balaban J connectivity index is 0.00000196. The van der Waals surface area contributed by atoms with Crippen molar-refractivity contribution in [1.29, 1.82) is 0 Å². The van der Waals surface area contributed by atoms with Crippen LogP contribution in [0.4, 0.5) is 0 Å². The lowest BCUT2D eigenvalue weighted by Gasteiger charge is -2.22. The van der Waals surface area contributed by atoms with Gasteiger partial charge in [-0.2, -0.15) is 0 Å². The molecule has 0 amide bonds. The molecule has 0 N–H and O–H groups in total. The Morgan fingerprint density at radius 3 is 2.73 bits per heavy atom. The van der Waals surface area contributed by atoms with Crippen LogP contribution in [0.25, 0.3) is 0 Å². The third kappa shape index (κ3) is 4.62. The van der Waals surface area contributed by atoms with Crippen molar-refractivity contribution in [3.8, 4) is 0 Å². The Morgan fingerprint density at radius 2 is 2.27 bits per heavy atom. The molecule has 2 unspecified atom stereocenters. The van der Waals surface area contributed by atoms with Crippen molar-refractivity contribution in [3.05, 3.63) is 0 Å². The van der Waals surface area contributed by atoms with Crippen molar-refractivity contribution in [2.45, 2.75) is 52.9 Å². The predicted molar refractivity (Wildman–Crippen MR) is 57.5 cm³/mol. The molecule has 0 spiro atoms. The van der Waals surface area contributed by atoms with Crippen LogP contribution < -0.4 is 0 Å². The fourth-order valence-corrected chi connectivity index (χ4v) is 1.48. The Morgan fingerprint density at radius 1 is 1.60 bits per heavy atom. The van der Waals surface area contributed by atoms with Gasteiger partial charge in [0.2, 0.25) is 0 Å². The molecule has 1 rings (SSSR count). The molecule has 0 radical (unpaired) electrons. The molecular formula is C11H22O4. The molecule has 0 aromatic heterocycles. The van der Waals surface area contributed by atoms with Gasteiger partial charge in [-0.05, 0) is 20.8 Å². The van der Waals surface area contributed by atoms with Crippen LogP contribution in [0.1, 0.15) is 41.0 Å².